The molecule has 1 aliphatic rings. The molecule has 0 saturated carbocycles. The number of oxime groups is 1. The number of nitrogens with zero attached hydrogens (tertiary/aromatic N) is 2. The third-order valence-electron chi connectivity index (χ3n) is 1.94. The zero-order valence-electron chi connectivity index (χ0n) is 7.28. The van der Waals surface area contributed by atoms with Crippen LogP contribution in [0.1, 0.15) is 12.0 Å². The van der Waals surface area contributed by atoms with Gasteiger partial charge in [-0.05, 0) is 22.0 Å². The Kier molecular flexibility index (Phi) is 3.03. The Morgan fingerprint density at radius 3 is 3.07 bits per heavy atom. The number of aromatic nitrogens is 1. The van der Waals surface area contributed by atoms with Gasteiger partial charge in [-0.2, -0.15) is 0 Å². The van der Waals surface area contributed by atoms with Crippen molar-refractivity contribution < 1.29 is 4.84 Å². The first-order chi connectivity index (χ1) is 6.79. The third kappa shape index (κ3) is 2.07. The molecule has 0 saturated heterocycles. The van der Waals surface area contributed by atoms with E-state index in [1.54, 1.807) is 12.4 Å². The fourth-order valence-electron chi connectivity index (χ4n) is 1.25. The Bertz CT molecular complexity index is 370. The second-order valence-electron chi connectivity index (χ2n) is 3.02. The summed E-state index contributed by atoms with van der Waals surface area (Å²) < 4.78 is 0.937. The summed E-state index contributed by atoms with van der Waals surface area (Å²) in [5.74, 6) is 0.467. The summed E-state index contributed by atoms with van der Waals surface area (Å²) in [5.41, 5.74) is 1.89. The number of alkyl halides is 1. The van der Waals surface area contributed by atoms with E-state index in [-0.39, 0.29) is 6.10 Å². The lowest BCUT2D eigenvalue weighted by atomic mass is 10.1. The minimum Gasteiger partial charge on any atom is -0.391 e. The number of pyridine rings is 1. The Balaban J connectivity index is 2.17. The predicted molar refractivity (Wildman–Crippen MR) is 58.7 cm³/mol. The molecule has 3 nitrogen and oxygen atoms in total. The lowest BCUT2D eigenvalue weighted by Gasteiger charge is -2.00. The van der Waals surface area contributed by atoms with Gasteiger partial charge >= 0.3 is 0 Å². The van der Waals surface area contributed by atoms with Crippen molar-refractivity contribution in [2.24, 2.45) is 5.16 Å². The monoisotopic (exact) mass is 274 g/mol. The van der Waals surface area contributed by atoms with E-state index in [0.717, 1.165) is 22.2 Å². The summed E-state index contributed by atoms with van der Waals surface area (Å²) in [6.45, 7) is 0. The Morgan fingerprint density at radius 2 is 2.43 bits per heavy atom. The second kappa shape index (κ2) is 4.28. The third-order valence-corrected chi connectivity index (χ3v) is 2.72. The quantitative estimate of drug-likeness (QED) is 0.778. The van der Waals surface area contributed by atoms with Crippen LogP contribution in [-0.2, 0) is 4.84 Å². The fourth-order valence-corrected chi connectivity index (χ4v) is 1.78. The number of hydrogen-bond acceptors (Lipinski definition) is 3. The topological polar surface area (TPSA) is 34.5 Å². The maximum Gasteiger partial charge on any atom is 0.146 e. The molecule has 1 aliphatic heterocycles. The zero-order chi connectivity index (χ0) is 9.97. The van der Waals surface area contributed by atoms with E-state index >= 15 is 0 Å². The van der Waals surface area contributed by atoms with Crippen molar-refractivity contribution in [2.45, 2.75) is 12.5 Å². The largest absolute Gasteiger partial charge is 0.391 e. The molecule has 0 N–H and O–H groups in total. The highest BCUT2D eigenvalue weighted by atomic mass is 79.9. The number of rotatable bonds is 2. The summed E-state index contributed by atoms with van der Waals surface area (Å²) in [4.78, 5) is 9.19. The summed E-state index contributed by atoms with van der Waals surface area (Å²) in [6, 6.07) is 1.96. The molecular formula is C9H8BrClN2O. The Hall–Kier alpha value is -0.610. The lowest BCUT2D eigenvalue weighted by molar-refractivity contribution is 0.102. The SMILES string of the molecule is ClCC1CC(c2cncc(Br)c2)=NO1. The van der Waals surface area contributed by atoms with Gasteiger partial charge in [0, 0.05) is 28.9 Å². The molecule has 2 rings (SSSR count). The van der Waals surface area contributed by atoms with Gasteiger partial charge in [0.2, 0.25) is 0 Å². The first kappa shape index (κ1) is 9.93. The highest BCUT2D eigenvalue weighted by Gasteiger charge is 2.21. The summed E-state index contributed by atoms with van der Waals surface area (Å²) in [7, 11) is 0. The minimum atomic E-state index is 0.00523. The number of halogens is 2. The molecule has 0 amide bonds. The molecule has 1 unspecified atom stereocenters. The molecule has 0 aromatic carbocycles. The van der Waals surface area contributed by atoms with Gasteiger partial charge in [-0.1, -0.05) is 5.16 Å². The molecule has 1 aromatic rings. The van der Waals surface area contributed by atoms with Crippen molar-refractivity contribution in [3.05, 3.63) is 28.5 Å². The summed E-state index contributed by atoms with van der Waals surface area (Å²) >= 11 is 9.03. The van der Waals surface area contributed by atoms with Gasteiger partial charge in [0.1, 0.15) is 6.10 Å². The molecular weight excluding hydrogens is 267 g/mol. The Labute approximate surface area is 95.2 Å². The molecule has 0 aliphatic carbocycles. The molecule has 1 atom stereocenters. The average Bonchev–Trinajstić information content (AvgIpc) is 2.66. The molecule has 0 radical (unpaired) electrons. The van der Waals surface area contributed by atoms with Crippen molar-refractivity contribution in [3.63, 3.8) is 0 Å². The van der Waals surface area contributed by atoms with E-state index in [9.17, 15) is 0 Å². The van der Waals surface area contributed by atoms with Crippen LogP contribution in [0, 0.1) is 0 Å². The fraction of sp³-hybridized carbons (Fsp3) is 0.333. The highest BCUT2D eigenvalue weighted by Crippen LogP contribution is 2.19. The van der Waals surface area contributed by atoms with Crippen molar-refractivity contribution in [2.75, 3.05) is 5.88 Å². The highest BCUT2D eigenvalue weighted by molar-refractivity contribution is 9.10. The second-order valence-corrected chi connectivity index (χ2v) is 4.24. The molecule has 0 bridgehead atoms. The Morgan fingerprint density at radius 1 is 1.57 bits per heavy atom. The van der Waals surface area contributed by atoms with Gasteiger partial charge in [-0.25, -0.2) is 0 Å². The van der Waals surface area contributed by atoms with Crippen LogP contribution in [-0.4, -0.2) is 22.7 Å². The molecule has 0 spiro atoms. The molecule has 0 fully saturated rings. The van der Waals surface area contributed by atoms with Crippen molar-refractivity contribution in [1.82, 2.24) is 4.98 Å². The van der Waals surface area contributed by atoms with Crippen LogP contribution in [0.25, 0.3) is 0 Å². The van der Waals surface area contributed by atoms with Crippen LogP contribution in [0.2, 0.25) is 0 Å². The molecule has 14 heavy (non-hydrogen) atoms. The first-order valence-electron chi connectivity index (χ1n) is 4.19. The molecule has 5 heteroatoms. The van der Waals surface area contributed by atoms with Crippen LogP contribution in [0.5, 0.6) is 0 Å². The maximum atomic E-state index is 5.67. The first-order valence-corrected chi connectivity index (χ1v) is 5.52. The van der Waals surface area contributed by atoms with Crippen LogP contribution in [0.15, 0.2) is 28.1 Å². The van der Waals surface area contributed by atoms with Gasteiger partial charge in [-0.3, -0.25) is 4.98 Å². The number of hydrogen-bond donors (Lipinski definition) is 0. The normalized spacial score (nSPS) is 20.4. The van der Waals surface area contributed by atoms with Crippen LogP contribution < -0.4 is 0 Å². The molecule has 2 heterocycles. The maximum absolute atomic E-state index is 5.67. The van der Waals surface area contributed by atoms with Gasteiger partial charge in [0.25, 0.3) is 0 Å². The van der Waals surface area contributed by atoms with E-state index in [0.29, 0.717) is 5.88 Å². The van der Waals surface area contributed by atoms with Crippen molar-refractivity contribution in [1.29, 1.82) is 0 Å². The lowest BCUT2D eigenvalue weighted by Crippen LogP contribution is -2.09. The van der Waals surface area contributed by atoms with E-state index in [1.807, 2.05) is 6.07 Å². The summed E-state index contributed by atoms with van der Waals surface area (Å²) in [5, 5.41) is 3.97. The van der Waals surface area contributed by atoms with E-state index in [1.165, 1.54) is 0 Å². The average molecular weight is 276 g/mol. The van der Waals surface area contributed by atoms with E-state index < -0.39 is 0 Å². The van der Waals surface area contributed by atoms with Crippen molar-refractivity contribution in [3.8, 4) is 0 Å². The van der Waals surface area contributed by atoms with E-state index in [4.69, 9.17) is 16.4 Å². The minimum absolute atomic E-state index is 0.00523. The van der Waals surface area contributed by atoms with Crippen LogP contribution in [0.4, 0.5) is 0 Å². The van der Waals surface area contributed by atoms with E-state index in [2.05, 4.69) is 26.1 Å². The molecule has 74 valence electrons. The van der Waals surface area contributed by atoms with Gasteiger partial charge in [-0.15, -0.1) is 11.6 Å². The van der Waals surface area contributed by atoms with Crippen LogP contribution in [0.3, 0.4) is 0 Å². The van der Waals surface area contributed by atoms with Gasteiger partial charge < -0.3 is 4.84 Å². The molecule has 1 aromatic heterocycles. The summed E-state index contributed by atoms with van der Waals surface area (Å²) in [6.07, 6.45) is 4.26. The smallest absolute Gasteiger partial charge is 0.146 e. The standard InChI is InChI=1S/C9H8BrClN2O/c10-7-1-6(4-12-5-7)9-2-8(3-11)14-13-9/h1,4-5,8H,2-3H2. The predicted octanol–water partition coefficient (Wildman–Crippen LogP) is 2.58. The van der Waals surface area contributed by atoms with Gasteiger partial charge in [0.05, 0.1) is 11.6 Å². The van der Waals surface area contributed by atoms with Crippen molar-refractivity contribution >= 4 is 33.2 Å². The van der Waals surface area contributed by atoms with Crippen LogP contribution >= 0.6 is 27.5 Å². The zero-order valence-corrected chi connectivity index (χ0v) is 9.62. The van der Waals surface area contributed by atoms with Gasteiger partial charge in [0.15, 0.2) is 0 Å².